The Balaban J connectivity index is 2.45. The molecule has 0 amide bonds. The van der Waals surface area contributed by atoms with Crippen LogP contribution in [0.4, 0.5) is 4.39 Å². The van der Waals surface area contributed by atoms with Gasteiger partial charge in [-0.2, -0.15) is 0 Å². The average molecular weight is 176 g/mol. The smallest absolute Gasteiger partial charge is 0.130 e. The summed E-state index contributed by atoms with van der Waals surface area (Å²) in [5, 5.41) is 0. The molecule has 0 aliphatic heterocycles. The standard InChI is InChI=1S/C12H13F/c1-8-5-11(7-10-3-4-10)12(13)6-9(8)2/h5-7H,3-4H2,1-2H3. The minimum Gasteiger partial charge on any atom is -0.206 e. The molecule has 1 aromatic carbocycles. The normalized spacial score (nSPS) is 14.5. The van der Waals surface area contributed by atoms with Crippen LogP contribution in [0.3, 0.4) is 0 Å². The number of aryl methyl sites for hydroxylation is 2. The molecule has 0 spiro atoms. The van der Waals surface area contributed by atoms with Crippen molar-refractivity contribution in [2.75, 3.05) is 0 Å². The molecule has 1 aromatic rings. The van der Waals surface area contributed by atoms with Gasteiger partial charge >= 0.3 is 0 Å². The highest BCUT2D eigenvalue weighted by Crippen LogP contribution is 2.31. The minimum atomic E-state index is -0.0949. The van der Waals surface area contributed by atoms with Gasteiger partial charge in [-0.05, 0) is 49.9 Å². The van der Waals surface area contributed by atoms with Crippen LogP contribution in [0.1, 0.15) is 29.5 Å². The molecular formula is C12H13F. The number of allylic oxidation sites excluding steroid dienone is 1. The molecule has 0 bridgehead atoms. The predicted octanol–water partition coefficient (Wildman–Crippen LogP) is 3.62. The Morgan fingerprint density at radius 3 is 2.38 bits per heavy atom. The maximum absolute atomic E-state index is 13.4. The fraction of sp³-hybridized carbons (Fsp3) is 0.333. The summed E-state index contributed by atoms with van der Waals surface area (Å²) in [5.74, 6) is -0.0949. The lowest BCUT2D eigenvalue weighted by Crippen LogP contribution is -1.87. The van der Waals surface area contributed by atoms with Gasteiger partial charge < -0.3 is 0 Å². The third kappa shape index (κ3) is 1.80. The molecule has 0 aromatic heterocycles. The highest BCUT2D eigenvalue weighted by atomic mass is 19.1. The van der Waals surface area contributed by atoms with Crippen LogP contribution >= 0.6 is 0 Å². The van der Waals surface area contributed by atoms with E-state index in [1.54, 1.807) is 6.07 Å². The topological polar surface area (TPSA) is 0 Å². The van der Waals surface area contributed by atoms with E-state index >= 15 is 0 Å². The second-order valence-corrected chi connectivity index (χ2v) is 3.76. The maximum atomic E-state index is 13.4. The molecular weight excluding hydrogens is 163 g/mol. The van der Waals surface area contributed by atoms with Crippen molar-refractivity contribution in [3.63, 3.8) is 0 Å². The summed E-state index contributed by atoms with van der Waals surface area (Å²) in [6.45, 7) is 3.95. The largest absolute Gasteiger partial charge is 0.206 e. The van der Waals surface area contributed by atoms with E-state index in [1.807, 2.05) is 26.0 Å². The molecule has 0 nitrogen and oxygen atoms in total. The SMILES string of the molecule is Cc1cc(F)c(C=C2CC2)cc1C. The molecule has 1 aliphatic rings. The van der Waals surface area contributed by atoms with Crippen molar-refractivity contribution in [3.05, 3.63) is 40.2 Å². The number of hydrogen-bond donors (Lipinski definition) is 0. The predicted molar refractivity (Wildman–Crippen MR) is 53.1 cm³/mol. The summed E-state index contributed by atoms with van der Waals surface area (Å²) >= 11 is 0. The lowest BCUT2D eigenvalue weighted by atomic mass is 10.1. The molecule has 68 valence electrons. The maximum Gasteiger partial charge on any atom is 0.130 e. The molecule has 1 heteroatoms. The van der Waals surface area contributed by atoms with Gasteiger partial charge in [0.15, 0.2) is 0 Å². The molecule has 0 atom stereocenters. The molecule has 1 aliphatic carbocycles. The first-order valence-electron chi connectivity index (χ1n) is 4.63. The van der Waals surface area contributed by atoms with Crippen molar-refractivity contribution in [2.45, 2.75) is 26.7 Å². The van der Waals surface area contributed by atoms with Crippen molar-refractivity contribution >= 4 is 6.08 Å². The zero-order valence-corrected chi connectivity index (χ0v) is 8.02. The Labute approximate surface area is 78.1 Å². The fourth-order valence-corrected chi connectivity index (χ4v) is 1.35. The van der Waals surface area contributed by atoms with E-state index in [9.17, 15) is 4.39 Å². The first-order valence-corrected chi connectivity index (χ1v) is 4.63. The Bertz CT molecular complexity index is 369. The van der Waals surface area contributed by atoms with E-state index in [1.165, 1.54) is 5.57 Å². The number of hydrogen-bond acceptors (Lipinski definition) is 0. The Hall–Kier alpha value is -1.11. The molecule has 13 heavy (non-hydrogen) atoms. The zero-order chi connectivity index (χ0) is 9.42. The van der Waals surface area contributed by atoms with Gasteiger partial charge in [0.25, 0.3) is 0 Å². The van der Waals surface area contributed by atoms with Crippen LogP contribution in [-0.4, -0.2) is 0 Å². The average Bonchev–Trinajstić information content (AvgIpc) is 2.84. The Morgan fingerprint density at radius 1 is 1.15 bits per heavy atom. The van der Waals surface area contributed by atoms with Crippen LogP contribution in [-0.2, 0) is 0 Å². The second-order valence-electron chi connectivity index (χ2n) is 3.76. The monoisotopic (exact) mass is 176 g/mol. The first-order chi connectivity index (χ1) is 6.16. The Morgan fingerprint density at radius 2 is 1.77 bits per heavy atom. The Kier molecular flexibility index (Phi) is 1.95. The summed E-state index contributed by atoms with van der Waals surface area (Å²) in [7, 11) is 0. The quantitative estimate of drug-likeness (QED) is 0.613. The van der Waals surface area contributed by atoms with Crippen LogP contribution in [0.5, 0.6) is 0 Å². The highest BCUT2D eigenvalue weighted by Gasteiger charge is 2.12. The summed E-state index contributed by atoms with van der Waals surface area (Å²) in [4.78, 5) is 0. The van der Waals surface area contributed by atoms with E-state index < -0.39 is 0 Å². The third-order valence-corrected chi connectivity index (χ3v) is 2.51. The van der Waals surface area contributed by atoms with Crippen molar-refractivity contribution in [2.24, 2.45) is 0 Å². The van der Waals surface area contributed by atoms with E-state index in [-0.39, 0.29) is 5.82 Å². The van der Waals surface area contributed by atoms with Gasteiger partial charge in [0, 0.05) is 5.56 Å². The lowest BCUT2D eigenvalue weighted by Gasteiger charge is -2.02. The van der Waals surface area contributed by atoms with Crippen LogP contribution in [0.2, 0.25) is 0 Å². The number of halogens is 1. The summed E-state index contributed by atoms with van der Waals surface area (Å²) in [5.41, 5.74) is 4.29. The summed E-state index contributed by atoms with van der Waals surface area (Å²) in [6.07, 6.45) is 4.26. The van der Waals surface area contributed by atoms with Crippen molar-refractivity contribution < 1.29 is 4.39 Å². The first kappa shape index (κ1) is 8.49. The van der Waals surface area contributed by atoms with Crippen molar-refractivity contribution in [1.82, 2.24) is 0 Å². The van der Waals surface area contributed by atoms with Crippen LogP contribution in [0.25, 0.3) is 6.08 Å². The molecule has 0 N–H and O–H groups in total. The number of rotatable bonds is 1. The van der Waals surface area contributed by atoms with Crippen LogP contribution in [0.15, 0.2) is 17.7 Å². The lowest BCUT2D eigenvalue weighted by molar-refractivity contribution is 0.623. The van der Waals surface area contributed by atoms with Gasteiger partial charge in [0.2, 0.25) is 0 Å². The fourth-order valence-electron chi connectivity index (χ4n) is 1.35. The van der Waals surface area contributed by atoms with Crippen molar-refractivity contribution in [1.29, 1.82) is 0 Å². The summed E-state index contributed by atoms with van der Waals surface area (Å²) < 4.78 is 13.4. The van der Waals surface area contributed by atoms with E-state index in [4.69, 9.17) is 0 Å². The van der Waals surface area contributed by atoms with Gasteiger partial charge in [0.05, 0.1) is 0 Å². The summed E-state index contributed by atoms with van der Waals surface area (Å²) in [6, 6.07) is 3.54. The van der Waals surface area contributed by atoms with Gasteiger partial charge in [-0.15, -0.1) is 0 Å². The van der Waals surface area contributed by atoms with Gasteiger partial charge in [-0.1, -0.05) is 11.6 Å². The molecule has 1 fully saturated rings. The zero-order valence-electron chi connectivity index (χ0n) is 8.02. The molecule has 1 saturated carbocycles. The third-order valence-electron chi connectivity index (χ3n) is 2.51. The van der Waals surface area contributed by atoms with Crippen molar-refractivity contribution in [3.8, 4) is 0 Å². The van der Waals surface area contributed by atoms with Gasteiger partial charge in [-0.3, -0.25) is 0 Å². The molecule has 0 heterocycles. The molecule has 2 rings (SSSR count). The highest BCUT2D eigenvalue weighted by molar-refractivity contribution is 5.58. The number of benzene rings is 1. The van der Waals surface area contributed by atoms with Gasteiger partial charge in [-0.25, -0.2) is 4.39 Å². The van der Waals surface area contributed by atoms with E-state index in [0.717, 1.165) is 29.5 Å². The second kappa shape index (κ2) is 2.99. The molecule has 0 unspecified atom stereocenters. The minimum absolute atomic E-state index is 0.0949. The van der Waals surface area contributed by atoms with Gasteiger partial charge in [0.1, 0.15) is 5.82 Å². The van der Waals surface area contributed by atoms with Crippen LogP contribution < -0.4 is 0 Å². The van der Waals surface area contributed by atoms with Crippen LogP contribution in [0, 0.1) is 19.7 Å². The van der Waals surface area contributed by atoms with E-state index in [0.29, 0.717) is 0 Å². The van der Waals surface area contributed by atoms with E-state index in [2.05, 4.69) is 0 Å². The molecule has 0 radical (unpaired) electrons. The molecule has 0 saturated heterocycles.